The maximum absolute atomic E-state index is 12.8. The number of piperazine rings is 1. The minimum Gasteiger partial charge on any atom is -0.333 e. The van der Waals surface area contributed by atoms with E-state index in [1.54, 1.807) is 6.92 Å². The molecule has 1 heterocycles. The van der Waals surface area contributed by atoms with Crippen molar-refractivity contribution in [3.05, 3.63) is 34.9 Å². The number of hydrogen-bond donors (Lipinski definition) is 1. The Hall–Kier alpha value is -1.48. The lowest BCUT2D eigenvalue weighted by atomic mass is 10.0. The normalized spacial score (nSPS) is 19.0. The lowest BCUT2D eigenvalue weighted by Gasteiger charge is -2.34. The average Bonchev–Trinajstić information content (AvgIpc) is 2.45. The number of nitrogens with zero attached hydrogens (tertiary/aromatic N) is 1. The number of amides is 1. The zero-order valence-electron chi connectivity index (χ0n) is 12.5. The van der Waals surface area contributed by atoms with Crippen LogP contribution in [0.1, 0.15) is 28.4 Å². The zero-order valence-corrected chi connectivity index (χ0v) is 13.3. The minimum atomic E-state index is -4.97. The second-order valence-electron chi connectivity index (χ2n) is 5.35. The summed E-state index contributed by atoms with van der Waals surface area (Å²) in [6.07, 6.45) is -9.93. The van der Waals surface area contributed by atoms with E-state index < -0.39 is 35.0 Å². The number of carbonyl (C=O) groups excluding carboxylic acids is 1. The van der Waals surface area contributed by atoms with Gasteiger partial charge in [0.15, 0.2) is 0 Å². The summed E-state index contributed by atoms with van der Waals surface area (Å²) in [5.74, 6) is -0.837. The van der Waals surface area contributed by atoms with Gasteiger partial charge in [-0.25, -0.2) is 0 Å². The SMILES string of the molecule is CC1CNCCN1C(=O)c1cc(C(F)(F)F)cc(C(F)(F)F)c1.Cl. The predicted octanol–water partition coefficient (Wildman–Crippen LogP) is 3.58. The van der Waals surface area contributed by atoms with Gasteiger partial charge in [-0.05, 0) is 25.1 Å². The third-order valence-electron chi connectivity index (χ3n) is 3.60. The maximum Gasteiger partial charge on any atom is 0.416 e. The average molecular weight is 377 g/mol. The molecule has 1 unspecified atom stereocenters. The minimum absolute atomic E-state index is 0. The second-order valence-corrected chi connectivity index (χ2v) is 5.35. The molecular formula is C14H15ClF6N2O. The van der Waals surface area contributed by atoms with Crippen molar-refractivity contribution in [2.75, 3.05) is 19.6 Å². The Kier molecular flexibility index (Phi) is 6.15. The van der Waals surface area contributed by atoms with E-state index in [4.69, 9.17) is 0 Å². The highest BCUT2D eigenvalue weighted by Crippen LogP contribution is 2.36. The fourth-order valence-corrected chi connectivity index (χ4v) is 2.39. The van der Waals surface area contributed by atoms with Crippen LogP contribution in [0, 0.1) is 0 Å². The fraction of sp³-hybridized carbons (Fsp3) is 0.500. The van der Waals surface area contributed by atoms with Crippen molar-refractivity contribution in [3.8, 4) is 0 Å². The number of halogens is 7. The number of alkyl halides is 6. The van der Waals surface area contributed by atoms with Gasteiger partial charge in [-0.2, -0.15) is 26.3 Å². The molecular weight excluding hydrogens is 362 g/mol. The van der Waals surface area contributed by atoms with Gasteiger partial charge in [0.2, 0.25) is 0 Å². The Morgan fingerprint density at radius 1 is 1.08 bits per heavy atom. The molecule has 1 fully saturated rings. The number of hydrogen-bond acceptors (Lipinski definition) is 2. The van der Waals surface area contributed by atoms with Crippen LogP contribution in [0.3, 0.4) is 0 Å². The topological polar surface area (TPSA) is 32.3 Å². The Morgan fingerprint density at radius 2 is 1.58 bits per heavy atom. The van der Waals surface area contributed by atoms with E-state index in [-0.39, 0.29) is 31.1 Å². The van der Waals surface area contributed by atoms with Crippen LogP contribution in [-0.2, 0) is 12.4 Å². The van der Waals surface area contributed by atoms with Crippen molar-refractivity contribution in [2.45, 2.75) is 25.3 Å². The van der Waals surface area contributed by atoms with Gasteiger partial charge in [0.05, 0.1) is 11.1 Å². The molecule has 1 aliphatic rings. The zero-order chi connectivity index (χ0) is 17.4. The van der Waals surface area contributed by atoms with E-state index in [2.05, 4.69) is 5.32 Å². The van der Waals surface area contributed by atoms with Gasteiger partial charge < -0.3 is 10.2 Å². The standard InChI is InChI=1S/C14H14F6N2O.ClH/c1-8-7-21-2-3-22(8)12(23)9-4-10(13(15,16)17)6-11(5-9)14(18,19)20;/h4-6,8,21H,2-3,7H2,1H3;1H. The molecule has 24 heavy (non-hydrogen) atoms. The van der Waals surface area contributed by atoms with Crippen molar-refractivity contribution in [2.24, 2.45) is 0 Å². The van der Waals surface area contributed by atoms with E-state index in [1.807, 2.05) is 0 Å². The maximum atomic E-state index is 12.8. The van der Waals surface area contributed by atoms with Gasteiger partial charge in [-0.3, -0.25) is 4.79 Å². The number of benzene rings is 1. The van der Waals surface area contributed by atoms with Crippen LogP contribution in [0.5, 0.6) is 0 Å². The molecule has 3 nitrogen and oxygen atoms in total. The molecule has 0 radical (unpaired) electrons. The Morgan fingerprint density at radius 3 is 2.00 bits per heavy atom. The molecule has 1 aliphatic heterocycles. The molecule has 0 aliphatic carbocycles. The molecule has 1 atom stereocenters. The van der Waals surface area contributed by atoms with Crippen LogP contribution in [0.15, 0.2) is 18.2 Å². The van der Waals surface area contributed by atoms with Crippen LogP contribution >= 0.6 is 12.4 Å². The molecule has 1 saturated heterocycles. The van der Waals surface area contributed by atoms with E-state index in [0.717, 1.165) is 0 Å². The molecule has 136 valence electrons. The molecule has 1 amide bonds. The quantitative estimate of drug-likeness (QED) is 0.760. The molecule has 0 aromatic heterocycles. The van der Waals surface area contributed by atoms with Gasteiger partial charge in [-0.15, -0.1) is 12.4 Å². The molecule has 10 heteroatoms. The van der Waals surface area contributed by atoms with E-state index in [1.165, 1.54) is 4.90 Å². The van der Waals surface area contributed by atoms with Crippen molar-refractivity contribution < 1.29 is 31.1 Å². The lowest BCUT2D eigenvalue weighted by Crippen LogP contribution is -2.52. The van der Waals surface area contributed by atoms with Crippen LogP contribution in [0.4, 0.5) is 26.3 Å². The van der Waals surface area contributed by atoms with Crippen LogP contribution in [0.2, 0.25) is 0 Å². The summed E-state index contributed by atoms with van der Waals surface area (Å²) in [7, 11) is 0. The van der Waals surface area contributed by atoms with Gasteiger partial charge in [0.1, 0.15) is 0 Å². The highest BCUT2D eigenvalue weighted by molar-refractivity contribution is 5.95. The molecule has 0 saturated carbocycles. The highest BCUT2D eigenvalue weighted by Gasteiger charge is 2.38. The smallest absolute Gasteiger partial charge is 0.333 e. The van der Waals surface area contributed by atoms with Crippen LogP contribution in [-0.4, -0.2) is 36.5 Å². The van der Waals surface area contributed by atoms with Crippen molar-refractivity contribution >= 4 is 18.3 Å². The van der Waals surface area contributed by atoms with Gasteiger partial charge in [0, 0.05) is 31.2 Å². The Balaban J connectivity index is 0.00000288. The largest absolute Gasteiger partial charge is 0.416 e. The summed E-state index contributed by atoms with van der Waals surface area (Å²) >= 11 is 0. The van der Waals surface area contributed by atoms with Gasteiger partial charge >= 0.3 is 12.4 Å². The first kappa shape index (κ1) is 20.6. The summed E-state index contributed by atoms with van der Waals surface area (Å²) in [6.45, 7) is 2.75. The summed E-state index contributed by atoms with van der Waals surface area (Å²) in [4.78, 5) is 13.6. The third-order valence-corrected chi connectivity index (χ3v) is 3.60. The van der Waals surface area contributed by atoms with E-state index in [0.29, 0.717) is 25.2 Å². The summed E-state index contributed by atoms with van der Waals surface area (Å²) in [6, 6.07) is 0.622. The molecule has 0 spiro atoms. The number of nitrogens with one attached hydrogen (secondary N) is 1. The van der Waals surface area contributed by atoms with E-state index in [9.17, 15) is 31.1 Å². The Bertz CT molecular complexity index is 570. The lowest BCUT2D eigenvalue weighted by molar-refractivity contribution is -0.143. The summed E-state index contributed by atoms with van der Waals surface area (Å²) in [5.41, 5.74) is -3.59. The van der Waals surface area contributed by atoms with Crippen LogP contribution in [0.25, 0.3) is 0 Å². The number of rotatable bonds is 1. The molecule has 1 N–H and O–H groups in total. The third kappa shape index (κ3) is 4.54. The van der Waals surface area contributed by atoms with Crippen molar-refractivity contribution in [1.82, 2.24) is 10.2 Å². The molecule has 1 aromatic rings. The van der Waals surface area contributed by atoms with Crippen molar-refractivity contribution in [3.63, 3.8) is 0 Å². The van der Waals surface area contributed by atoms with E-state index >= 15 is 0 Å². The fourth-order valence-electron chi connectivity index (χ4n) is 2.39. The summed E-state index contributed by atoms with van der Waals surface area (Å²) < 4.78 is 76.9. The van der Waals surface area contributed by atoms with Gasteiger partial charge in [0.25, 0.3) is 5.91 Å². The highest BCUT2D eigenvalue weighted by atomic mass is 35.5. The molecule has 2 rings (SSSR count). The number of carbonyl (C=O) groups is 1. The van der Waals surface area contributed by atoms with Gasteiger partial charge in [-0.1, -0.05) is 0 Å². The first-order chi connectivity index (χ1) is 10.5. The molecule has 1 aromatic carbocycles. The second kappa shape index (κ2) is 7.18. The van der Waals surface area contributed by atoms with Crippen molar-refractivity contribution in [1.29, 1.82) is 0 Å². The summed E-state index contributed by atoms with van der Waals surface area (Å²) in [5, 5.41) is 2.99. The monoisotopic (exact) mass is 376 g/mol. The predicted molar refractivity (Wildman–Crippen MR) is 77.1 cm³/mol. The Labute approximate surface area is 140 Å². The first-order valence-electron chi connectivity index (χ1n) is 6.81. The molecule has 0 bridgehead atoms. The van der Waals surface area contributed by atoms with Crippen LogP contribution < -0.4 is 5.32 Å². The first-order valence-corrected chi connectivity index (χ1v) is 6.81.